The van der Waals surface area contributed by atoms with E-state index in [9.17, 15) is 4.79 Å². The molecule has 0 aromatic heterocycles. The first-order chi connectivity index (χ1) is 14.7. The van der Waals surface area contributed by atoms with Gasteiger partial charge in [-0.25, -0.2) is 4.79 Å². The Bertz CT molecular complexity index is 865. The molecule has 0 radical (unpaired) electrons. The minimum absolute atomic E-state index is 0.00798. The van der Waals surface area contributed by atoms with Gasteiger partial charge in [-0.05, 0) is 42.7 Å². The first-order valence-corrected chi connectivity index (χ1v) is 10.5. The first-order valence-electron chi connectivity index (χ1n) is 10.5. The summed E-state index contributed by atoms with van der Waals surface area (Å²) in [5.41, 5.74) is 2.32. The standard InChI is InChI=1S/C23H29N3O4/c1-18-5-2-3-6-20(18)28-14-4-9-24-23(27)26-12-10-25(11-13-26)16-19-7-8-21-22(15-19)30-17-29-21/h2-3,5-8,15H,4,9-14,16-17H2,1H3,(H,24,27). The van der Waals surface area contributed by atoms with Gasteiger partial charge in [0.2, 0.25) is 6.79 Å². The highest BCUT2D eigenvalue weighted by Crippen LogP contribution is 2.32. The van der Waals surface area contributed by atoms with Gasteiger partial charge in [0, 0.05) is 39.3 Å². The zero-order valence-electron chi connectivity index (χ0n) is 17.4. The zero-order valence-corrected chi connectivity index (χ0v) is 17.4. The molecule has 2 heterocycles. The Hall–Kier alpha value is -2.93. The summed E-state index contributed by atoms with van der Waals surface area (Å²) in [6, 6.07) is 14.1. The number of aryl methyl sites for hydroxylation is 1. The lowest BCUT2D eigenvalue weighted by molar-refractivity contribution is 0.135. The number of nitrogens with one attached hydrogen (secondary N) is 1. The van der Waals surface area contributed by atoms with Gasteiger partial charge >= 0.3 is 6.03 Å². The number of fused-ring (bicyclic) bond motifs is 1. The minimum atomic E-state index is 0.00798. The molecule has 2 amide bonds. The fraction of sp³-hybridized carbons (Fsp3) is 0.435. The number of rotatable bonds is 7. The van der Waals surface area contributed by atoms with E-state index >= 15 is 0 Å². The SMILES string of the molecule is Cc1ccccc1OCCCNC(=O)N1CCN(Cc2ccc3c(c2)OCO3)CC1. The van der Waals surface area contributed by atoms with E-state index in [0.29, 0.717) is 19.9 Å². The van der Waals surface area contributed by atoms with Crippen molar-refractivity contribution in [3.05, 3.63) is 53.6 Å². The van der Waals surface area contributed by atoms with E-state index < -0.39 is 0 Å². The molecule has 0 unspecified atom stereocenters. The Morgan fingerprint density at radius 2 is 1.87 bits per heavy atom. The van der Waals surface area contributed by atoms with Gasteiger partial charge in [0.25, 0.3) is 0 Å². The Morgan fingerprint density at radius 1 is 1.07 bits per heavy atom. The number of nitrogens with zero attached hydrogens (tertiary/aromatic N) is 2. The molecule has 2 aliphatic heterocycles. The number of carbonyl (C=O) groups excluding carboxylic acids is 1. The highest BCUT2D eigenvalue weighted by Gasteiger charge is 2.21. The zero-order chi connectivity index (χ0) is 20.8. The van der Waals surface area contributed by atoms with Gasteiger partial charge in [-0.15, -0.1) is 0 Å². The fourth-order valence-corrected chi connectivity index (χ4v) is 3.69. The summed E-state index contributed by atoms with van der Waals surface area (Å²) in [5.74, 6) is 2.53. The minimum Gasteiger partial charge on any atom is -0.493 e. The van der Waals surface area contributed by atoms with Crippen molar-refractivity contribution in [3.63, 3.8) is 0 Å². The van der Waals surface area contributed by atoms with E-state index in [2.05, 4.69) is 16.3 Å². The topological polar surface area (TPSA) is 63.3 Å². The van der Waals surface area contributed by atoms with Gasteiger partial charge in [0.15, 0.2) is 11.5 Å². The van der Waals surface area contributed by atoms with E-state index in [4.69, 9.17) is 14.2 Å². The van der Waals surface area contributed by atoms with Crippen molar-refractivity contribution in [1.82, 2.24) is 15.1 Å². The molecule has 1 saturated heterocycles. The number of piperazine rings is 1. The van der Waals surface area contributed by atoms with Crippen molar-refractivity contribution in [2.45, 2.75) is 19.9 Å². The van der Waals surface area contributed by atoms with Crippen LogP contribution < -0.4 is 19.5 Å². The van der Waals surface area contributed by atoms with Gasteiger partial charge in [-0.3, -0.25) is 4.90 Å². The van der Waals surface area contributed by atoms with Crippen LogP contribution in [0.5, 0.6) is 17.2 Å². The Balaban J connectivity index is 1.13. The fourth-order valence-electron chi connectivity index (χ4n) is 3.69. The molecule has 2 aromatic carbocycles. The molecule has 160 valence electrons. The number of carbonyl (C=O) groups is 1. The number of amides is 2. The second-order valence-corrected chi connectivity index (χ2v) is 7.65. The maximum absolute atomic E-state index is 12.4. The molecule has 2 aliphatic rings. The van der Waals surface area contributed by atoms with Crippen molar-refractivity contribution in [1.29, 1.82) is 0 Å². The molecule has 30 heavy (non-hydrogen) atoms. The van der Waals surface area contributed by atoms with Crippen LogP contribution in [0.15, 0.2) is 42.5 Å². The molecule has 0 bridgehead atoms. The molecule has 1 N–H and O–H groups in total. The van der Waals surface area contributed by atoms with Crippen LogP contribution in [0.3, 0.4) is 0 Å². The quantitative estimate of drug-likeness (QED) is 0.710. The number of benzene rings is 2. The average molecular weight is 412 g/mol. The van der Waals surface area contributed by atoms with Gasteiger partial charge in [0.1, 0.15) is 5.75 Å². The van der Waals surface area contributed by atoms with Crippen molar-refractivity contribution in [3.8, 4) is 17.2 Å². The molecule has 0 atom stereocenters. The third-order valence-corrected chi connectivity index (χ3v) is 5.45. The second-order valence-electron chi connectivity index (χ2n) is 7.65. The number of hydrogen-bond acceptors (Lipinski definition) is 5. The summed E-state index contributed by atoms with van der Waals surface area (Å²) in [6.45, 7) is 7.56. The van der Waals surface area contributed by atoms with E-state index in [1.165, 1.54) is 5.56 Å². The third kappa shape index (κ3) is 5.16. The molecule has 0 saturated carbocycles. The van der Waals surface area contributed by atoms with E-state index in [1.807, 2.05) is 48.2 Å². The normalized spacial score (nSPS) is 15.8. The van der Waals surface area contributed by atoms with Crippen LogP contribution in [0.1, 0.15) is 17.5 Å². The summed E-state index contributed by atoms with van der Waals surface area (Å²) in [5, 5.41) is 3.00. The molecule has 0 spiro atoms. The molecule has 1 fully saturated rings. The molecule has 4 rings (SSSR count). The lowest BCUT2D eigenvalue weighted by atomic mass is 10.1. The molecular formula is C23H29N3O4. The summed E-state index contributed by atoms with van der Waals surface area (Å²) in [6.07, 6.45) is 0.782. The van der Waals surface area contributed by atoms with Gasteiger partial charge < -0.3 is 24.4 Å². The van der Waals surface area contributed by atoms with E-state index in [-0.39, 0.29) is 6.03 Å². The van der Waals surface area contributed by atoms with Crippen molar-refractivity contribution < 1.29 is 19.0 Å². The van der Waals surface area contributed by atoms with E-state index in [0.717, 1.165) is 62.0 Å². The molecule has 2 aromatic rings. The van der Waals surface area contributed by atoms with Crippen LogP contribution in [0.2, 0.25) is 0 Å². The monoisotopic (exact) mass is 411 g/mol. The van der Waals surface area contributed by atoms with Crippen molar-refractivity contribution in [2.75, 3.05) is 46.1 Å². The summed E-state index contributed by atoms with van der Waals surface area (Å²) >= 11 is 0. The molecule has 0 aliphatic carbocycles. The number of para-hydroxylation sites is 1. The highest BCUT2D eigenvalue weighted by atomic mass is 16.7. The summed E-state index contributed by atoms with van der Waals surface area (Å²) < 4.78 is 16.6. The third-order valence-electron chi connectivity index (χ3n) is 5.45. The predicted molar refractivity (Wildman–Crippen MR) is 114 cm³/mol. The Labute approximate surface area is 177 Å². The van der Waals surface area contributed by atoms with Crippen LogP contribution in [0.25, 0.3) is 0 Å². The predicted octanol–water partition coefficient (Wildman–Crippen LogP) is 3.02. The number of urea groups is 1. The molecule has 7 nitrogen and oxygen atoms in total. The smallest absolute Gasteiger partial charge is 0.317 e. The lowest BCUT2D eigenvalue weighted by Gasteiger charge is -2.34. The van der Waals surface area contributed by atoms with Crippen LogP contribution in [-0.2, 0) is 6.54 Å². The average Bonchev–Trinajstić information content (AvgIpc) is 3.23. The van der Waals surface area contributed by atoms with Crippen LogP contribution >= 0.6 is 0 Å². The van der Waals surface area contributed by atoms with Crippen LogP contribution in [0.4, 0.5) is 4.79 Å². The number of hydrogen-bond donors (Lipinski definition) is 1. The van der Waals surface area contributed by atoms with Gasteiger partial charge in [-0.2, -0.15) is 0 Å². The van der Waals surface area contributed by atoms with Crippen LogP contribution in [0, 0.1) is 6.92 Å². The van der Waals surface area contributed by atoms with Crippen molar-refractivity contribution in [2.24, 2.45) is 0 Å². The van der Waals surface area contributed by atoms with Gasteiger partial charge in [0.05, 0.1) is 6.61 Å². The Morgan fingerprint density at radius 3 is 2.70 bits per heavy atom. The first kappa shape index (κ1) is 20.3. The lowest BCUT2D eigenvalue weighted by Crippen LogP contribution is -2.51. The second kappa shape index (κ2) is 9.71. The number of ether oxygens (including phenoxy) is 3. The van der Waals surface area contributed by atoms with Crippen molar-refractivity contribution >= 4 is 6.03 Å². The molecule has 7 heteroatoms. The van der Waals surface area contributed by atoms with E-state index in [1.54, 1.807) is 0 Å². The maximum Gasteiger partial charge on any atom is 0.317 e. The summed E-state index contributed by atoms with van der Waals surface area (Å²) in [7, 11) is 0. The van der Waals surface area contributed by atoms with Crippen LogP contribution in [-0.4, -0.2) is 62.0 Å². The maximum atomic E-state index is 12.4. The summed E-state index contributed by atoms with van der Waals surface area (Å²) in [4.78, 5) is 16.6. The van der Waals surface area contributed by atoms with Gasteiger partial charge in [-0.1, -0.05) is 24.3 Å². The Kier molecular flexibility index (Phi) is 6.59. The highest BCUT2D eigenvalue weighted by molar-refractivity contribution is 5.74. The molecular weight excluding hydrogens is 382 g/mol. The largest absolute Gasteiger partial charge is 0.493 e.